The van der Waals surface area contributed by atoms with Gasteiger partial charge in [0, 0.05) is 12.5 Å². The van der Waals surface area contributed by atoms with Crippen LogP contribution < -0.4 is 0 Å². The molecule has 0 fully saturated rings. The third kappa shape index (κ3) is 3.83. The fourth-order valence-corrected chi connectivity index (χ4v) is 2.51. The summed E-state index contributed by atoms with van der Waals surface area (Å²) in [5.41, 5.74) is 1.63. The molecule has 138 valence electrons. The van der Waals surface area contributed by atoms with Gasteiger partial charge in [-0.15, -0.1) is 10.2 Å². The molecule has 10 heteroatoms. The normalized spacial score (nSPS) is 12.9. The number of hydrogen-bond donors (Lipinski definition) is 0. The lowest BCUT2D eigenvalue weighted by molar-refractivity contribution is 0.543. The number of tetrazole rings is 1. The van der Waals surface area contributed by atoms with Gasteiger partial charge in [-0.25, -0.2) is 19.3 Å². The predicted molar refractivity (Wildman–Crippen MR) is 102 cm³/mol. The molecule has 0 radical (unpaired) electrons. The van der Waals surface area contributed by atoms with Gasteiger partial charge in [-0.2, -0.15) is 10.0 Å². The predicted octanol–water partition coefficient (Wildman–Crippen LogP) is 1.09. The molecule has 3 heterocycles. The van der Waals surface area contributed by atoms with Gasteiger partial charge >= 0.3 is 0 Å². The molecule has 3 rings (SSSR count). The lowest BCUT2D eigenvalue weighted by Crippen LogP contribution is -2.18. The molecular weight excluding hydrogens is 350 g/mol. The molecule has 0 bridgehead atoms. The summed E-state index contributed by atoms with van der Waals surface area (Å²) < 4.78 is 3.29. The first-order valence-electron chi connectivity index (χ1n) is 8.08. The van der Waals surface area contributed by atoms with E-state index >= 15 is 0 Å². The van der Waals surface area contributed by atoms with Crippen LogP contribution in [0.2, 0.25) is 0 Å². The summed E-state index contributed by atoms with van der Waals surface area (Å²) in [6.45, 7) is 6.58. The molecule has 0 N–H and O–H groups in total. The maximum absolute atomic E-state index is 4.71. The molecule has 0 amide bonds. The lowest BCUT2D eigenvalue weighted by Gasteiger charge is -2.17. The molecule has 3 aromatic rings. The van der Waals surface area contributed by atoms with Crippen molar-refractivity contribution in [3.05, 3.63) is 17.3 Å². The molecule has 0 saturated carbocycles. The second-order valence-electron chi connectivity index (χ2n) is 7.85. The summed E-state index contributed by atoms with van der Waals surface area (Å²) in [5.74, 6) is 4.57. The summed E-state index contributed by atoms with van der Waals surface area (Å²) in [6, 6.07) is 0. The maximum atomic E-state index is 4.71. The van der Waals surface area contributed by atoms with Crippen molar-refractivity contribution in [3.8, 4) is 11.2 Å². The molecule has 0 saturated heterocycles. The number of hydrogen-bond acceptors (Lipinski definition) is 7. The molecule has 0 spiro atoms. The third-order valence-corrected chi connectivity index (χ3v) is 4.22. The zero-order valence-corrected chi connectivity index (χ0v) is 17.0. The van der Waals surface area contributed by atoms with Gasteiger partial charge in [0.15, 0.2) is 17.0 Å². The largest absolute Gasteiger partial charge is 0.231 e. The zero-order chi connectivity index (χ0) is 19.1. The van der Waals surface area contributed by atoms with E-state index in [0.717, 1.165) is 0 Å². The third-order valence-electron chi connectivity index (χ3n) is 3.51. The molecule has 0 aromatic carbocycles. The Balaban J connectivity index is 2.18. The summed E-state index contributed by atoms with van der Waals surface area (Å²) in [7, 11) is 0.799. The van der Waals surface area contributed by atoms with Gasteiger partial charge in [-0.3, -0.25) is 0 Å². The first kappa shape index (κ1) is 18.3. The fourth-order valence-electron chi connectivity index (χ4n) is 2.10. The van der Waals surface area contributed by atoms with Crippen LogP contribution >= 0.6 is 10.0 Å². The second kappa shape index (κ2) is 6.32. The highest BCUT2D eigenvalue weighted by Gasteiger charge is 2.22. The van der Waals surface area contributed by atoms with Crippen molar-refractivity contribution >= 4 is 21.2 Å². The van der Waals surface area contributed by atoms with Crippen LogP contribution in [0.1, 0.15) is 38.1 Å². The first-order chi connectivity index (χ1) is 12.0. The Hall–Kier alpha value is -2.54. The summed E-state index contributed by atoms with van der Waals surface area (Å²) in [5, 5.41) is 23.3. The number of aryl methyl sites for hydroxylation is 1. The van der Waals surface area contributed by atoms with E-state index in [9.17, 15) is 0 Å². The van der Waals surface area contributed by atoms with Gasteiger partial charge in [0.2, 0.25) is 0 Å². The molecule has 9 nitrogen and oxygen atoms in total. The van der Waals surface area contributed by atoms with E-state index < -0.39 is 10.0 Å². The van der Waals surface area contributed by atoms with Gasteiger partial charge in [0.05, 0.1) is 0 Å². The second-order valence-corrected chi connectivity index (χ2v) is 11.7. The van der Waals surface area contributed by atoms with Gasteiger partial charge in [0.25, 0.3) is 0 Å². The van der Waals surface area contributed by atoms with E-state index in [2.05, 4.69) is 81.5 Å². The maximum Gasteiger partial charge on any atom is 0.183 e. The average Bonchev–Trinajstić information content (AvgIpc) is 3.11. The Morgan fingerprint density at radius 1 is 1.04 bits per heavy atom. The number of aromatic nitrogens is 9. The van der Waals surface area contributed by atoms with Crippen molar-refractivity contribution in [2.24, 2.45) is 7.05 Å². The Morgan fingerprint density at radius 3 is 2.35 bits per heavy atom. The minimum absolute atomic E-state index is 0.222. The summed E-state index contributed by atoms with van der Waals surface area (Å²) in [6.07, 6.45) is 6.42. The Morgan fingerprint density at radius 2 is 1.77 bits per heavy atom. The highest BCUT2D eigenvalue weighted by Crippen LogP contribution is 2.32. The van der Waals surface area contributed by atoms with E-state index in [-0.39, 0.29) is 5.41 Å². The van der Waals surface area contributed by atoms with Crippen molar-refractivity contribution in [3.63, 3.8) is 0 Å². The molecule has 3 aromatic heterocycles. The fraction of sp³-hybridized carbons (Fsp3) is 0.562. The van der Waals surface area contributed by atoms with Crippen molar-refractivity contribution in [2.75, 3.05) is 18.8 Å². The SMILES string of the molecule is Cn1nnnc1Cn1nnc2c(C#CS(C)(C)C)nc(C(C)(C)C)nc21. The number of nitrogens with zero attached hydrogens (tertiary/aromatic N) is 9. The van der Waals surface area contributed by atoms with Crippen LogP contribution in [0.5, 0.6) is 0 Å². The standard InChI is InChI=1S/C16H23N9S/c1-16(2,3)15-17-11(8-9-26(5,6)7)13-14(18-15)25(22-20-13)10-12-19-21-23-24(12)4/h10H2,1-7H3. The van der Waals surface area contributed by atoms with Crippen molar-refractivity contribution in [2.45, 2.75) is 32.7 Å². The van der Waals surface area contributed by atoms with Crippen LogP contribution in [0.4, 0.5) is 0 Å². The van der Waals surface area contributed by atoms with E-state index in [1.165, 1.54) is 0 Å². The average molecular weight is 373 g/mol. The molecular formula is C16H23N9S. The van der Waals surface area contributed by atoms with Gasteiger partial charge in [-0.1, -0.05) is 26.0 Å². The lowest BCUT2D eigenvalue weighted by atomic mass is 9.95. The topological polar surface area (TPSA) is 100 Å². The monoisotopic (exact) mass is 373 g/mol. The minimum atomic E-state index is -0.985. The molecule has 0 unspecified atom stereocenters. The molecule has 0 aliphatic carbocycles. The Bertz CT molecular complexity index is 1010. The zero-order valence-electron chi connectivity index (χ0n) is 16.1. The van der Waals surface area contributed by atoms with E-state index in [1.807, 2.05) is 0 Å². The van der Waals surface area contributed by atoms with Crippen LogP contribution in [-0.2, 0) is 19.0 Å². The van der Waals surface area contributed by atoms with Gasteiger partial charge in [-0.05, 0) is 40.4 Å². The molecule has 0 aliphatic rings. The first-order valence-corrected chi connectivity index (χ1v) is 10.9. The van der Waals surface area contributed by atoms with E-state index in [0.29, 0.717) is 35.1 Å². The summed E-state index contributed by atoms with van der Waals surface area (Å²) in [4.78, 5) is 9.38. The van der Waals surface area contributed by atoms with Crippen molar-refractivity contribution in [1.82, 2.24) is 45.2 Å². The quantitative estimate of drug-likeness (QED) is 0.620. The van der Waals surface area contributed by atoms with Crippen LogP contribution in [0.15, 0.2) is 0 Å². The Labute approximate surface area is 153 Å². The van der Waals surface area contributed by atoms with E-state index in [1.54, 1.807) is 16.4 Å². The highest BCUT2D eigenvalue weighted by molar-refractivity contribution is 8.35. The highest BCUT2D eigenvalue weighted by atomic mass is 32.3. The minimum Gasteiger partial charge on any atom is -0.231 e. The van der Waals surface area contributed by atoms with Crippen LogP contribution in [0, 0.1) is 11.2 Å². The molecule has 26 heavy (non-hydrogen) atoms. The number of fused-ring (bicyclic) bond motifs is 1. The van der Waals surface area contributed by atoms with Crippen molar-refractivity contribution < 1.29 is 0 Å². The van der Waals surface area contributed by atoms with Crippen LogP contribution in [0.25, 0.3) is 11.2 Å². The Kier molecular flexibility index (Phi) is 4.44. The van der Waals surface area contributed by atoms with Gasteiger partial charge < -0.3 is 0 Å². The summed E-state index contributed by atoms with van der Waals surface area (Å²) >= 11 is 0. The van der Waals surface area contributed by atoms with Crippen molar-refractivity contribution in [1.29, 1.82) is 0 Å². The molecule has 0 aliphatic heterocycles. The van der Waals surface area contributed by atoms with Crippen LogP contribution in [0.3, 0.4) is 0 Å². The molecule has 0 atom stereocenters. The van der Waals surface area contributed by atoms with Crippen LogP contribution in [-0.4, -0.2) is 63.9 Å². The number of rotatable bonds is 2. The van der Waals surface area contributed by atoms with Gasteiger partial charge in [0.1, 0.15) is 18.1 Å². The smallest absolute Gasteiger partial charge is 0.183 e. The van der Waals surface area contributed by atoms with E-state index in [4.69, 9.17) is 4.98 Å².